The SMILES string of the molecule is O=C(CCF)N1CCCC1. The summed E-state index contributed by atoms with van der Waals surface area (Å²) in [6, 6.07) is 0. The number of carbonyl (C=O) groups excluding carboxylic acids is 1. The highest BCUT2D eigenvalue weighted by atomic mass is 19.1. The summed E-state index contributed by atoms with van der Waals surface area (Å²) >= 11 is 0. The Labute approximate surface area is 60.0 Å². The van der Waals surface area contributed by atoms with Crippen molar-refractivity contribution in [3.8, 4) is 0 Å². The molecule has 2 nitrogen and oxygen atoms in total. The lowest BCUT2D eigenvalue weighted by Crippen LogP contribution is -2.27. The molecule has 0 N–H and O–H groups in total. The molecule has 10 heavy (non-hydrogen) atoms. The number of carbonyl (C=O) groups is 1. The van der Waals surface area contributed by atoms with Crippen molar-refractivity contribution in [3.63, 3.8) is 0 Å². The van der Waals surface area contributed by atoms with E-state index in [1.807, 2.05) is 0 Å². The third-order valence-electron chi connectivity index (χ3n) is 1.77. The first kappa shape index (κ1) is 7.51. The maximum absolute atomic E-state index is 11.6. The molecule has 58 valence electrons. The van der Waals surface area contributed by atoms with E-state index in [0.29, 0.717) is 0 Å². The van der Waals surface area contributed by atoms with Crippen LogP contribution in [0, 0.1) is 0 Å². The van der Waals surface area contributed by atoms with Gasteiger partial charge in [0.15, 0.2) is 0 Å². The van der Waals surface area contributed by atoms with Crippen LogP contribution in [0.25, 0.3) is 0 Å². The zero-order valence-electron chi connectivity index (χ0n) is 5.98. The van der Waals surface area contributed by atoms with Crippen LogP contribution in [0.15, 0.2) is 0 Å². The summed E-state index contributed by atoms with van der Waals surface area (Å²) in [6.45, 7) is 1.15. The maximum atomic E-state index is 11.6. The van der Waals surface area contributed by atoms with Gasteiger partial charge >= 0.3 is 0 Å². The van der Waals surface area contributed by atoms with E-state index in [1.165, 1.54) is 0 Å². The van der Waals surface area contributed by atoms with Gasteiger partial charge in [-0.2, -0.15) is 0 Å². The van der Waals surface area contributed by atoms with Gasteiger partial charge in [0.2, 0.25) is 5.91 Å². The molecule has 1 rings (SSSR count). The number of rotatable bonds is 2. The van der Waals surface area contributed by atoms with Gasteiger partial charge in [0.05, 0.1) is 13.1 Å². The van der Waals surface area contributed by atoms with E-state index >= 15 is 0 Å². The Hall–Kier alpha value is -0.600. The van der Waals surface area contributed by atoms with E-state index < -0.39 is 6.67 Å². The largest absolute Gasteiger partial charge is 0.343 e. The fourth-order valence-corrected chi connectivity index (χ4v) is 1.21. The van der Waals surface area contributed by atoms with Crippen molar-refractivity contribution in [2.45, 2.75) is 19.3 Å². The Bertz CT molecular complexity index is 121. The molecule has 1 fully saturated rings. The second-order valence-corrected chi connectivity index (χ2v) is 2.53. The van der Waals surface area contributed by atoms with Gasteiger partial charge in [-0.15, -0.1) is 0 Å². The monoisotopic (exact) mass is 145 g/mol. The first-order valence-electron chi connectivity index (χ1n) is 3.68. The predicted octanol–water partition coefficient (Wildman–Crippen LogP) is 0.968. The second kappa shape index (κ2) is 3.54. The molecule has 0 unspecified atom stereocenters. The minimum absolute atomic E-state index is 0.0278. The highest BCUT2D eigenvalue weighted by molar-refractivity contribution is 5.76. The Morgan fingerprint density at radius 2 is 2.00 bits per heavy atom. The van der Waals surface area contributed by atoms with Crippen molar-refractivity contribution in [1.29, 1.82) is 0 Å². The Morgan fingerprint density at radius 3 is 2.50 bits per heavy atom. The van der Waals surface area contributed by atoms with Crippen LogP contribution in [0.2, 0.25) is 0 Å². The van der Waals surface area contributed by atoms with Crippen LogP contribution in [0.5, 0.6) is 0 Å². The van der Waals surface area contributed by atoms with Gasteiger partial charge < -0.3 is 4.90 Å². The molecule has 0 saturated carbocycles. The Morgan fingerprint density at radius 1 is 1.40 bits per heavy atom. The summed E-state index contributed by atoms with van der Waals surface area (Å²) in [6.07, 6.45) is 2.23. The number of amides is 1. The zero-order chi connectivity index (χ0) is 7.40. The van der Waals surface area contributed by atoms with Gasteiger partial charge in [-0.3, -0.25) is 9.18 Å². The van der Waals surface area contributed by atoms with Crippen LogP contribution in [-0.4, -0.2) is 30.6 Å². The third kappa shape index (κ3) is 1.69. The van der Waals surface area contributed by atoms with Crippen molar-refractivity contribution in [1.82, 2.24) is 4.90 Å². The molecule has 0 spiro atoms. The molecule has 1 amide bonds. The number of alkyl halides is 1. The van der Waals surface area contributed by atoms with E-state index in [-0.39, 0.29) is 12.3 Å². The van der Waals surface area contributed by atoms with E-state index in [1.54, 1.807) is 4.90 Å². The molecule has 0 aromatic carbocycles. The van der Waals surface area contributed by atoms with Crippen molar-refractivity contribution in [2.24, 2.45) is 0 Å². The van der Waals surface area contributed by atoms with Crippen LogP contribution in [0.3, 0.4) is 0 Å². The molecular formula is C7H12FNO. The van der Waals surface area contributed by atoms with Gasteiger partial charge in [-0.05, 0) is 12.8 Å². The van der Waals surface area contributed by atoms with Crippen molar-refractivity contribution < 1.29 is 9.18 Å². The normalized spacial score (nSPS) is 17.9. The maximum Gasteiger partial charge on any atom is 0.225 e. The lowest BCUT2D eigenvalue weighted by atomic mass is 10.4. The number of hydrogen-bond acceptors (Lipinski definition) is 1. The molecule has 3 heteroatoms. The molecule has 0 atom stereocenters. The quantitative estimate of drug-likeness (QED) is 0.567. The lowest BCUT2D eigenvalue weighted by molar-refractivity contribution is -0.130. The molecule has 1 aliphatic heterocycles. The zero-order valence-corrected chi connectivity index (χ0v) is 5.98. The van der Waals surface area contributed by atoms with E-state index in [2.05, 4.69) is 0 Å². The fourth-order valence-electron chi connectivity index (χ4n) is 1.21. The Kier molecular flexibility index (Phi) is 2.66. The van der Waals surface area contributed by atoms with E-state index in [9.17, 15) is 9.18 Å². The standard InChI is InChI=1S/C7H12FNO/c8-4-3-7(10)9-5-1-2-6-9/h1-6H2. The molecule has 0 radical (unpaired) electrons. The average molecular weight is 145 g/mol. The van der Waals surface area contributed by atoms with Crippen LogP contribution in [-0.2, 0) is 4.79 Å². The summed E-state index contributed by atoms with van der Waals surface area (Å²) < 4.78 is 11.6. The van der Waals surface area contributed by atoms with E-state index in [0.717, 1.165) is 25.9 Å². The topological polar surface area (TPSA) is 20.3 Å². The molecule has 1 heterocycles. The number of halogens is 1. The van der Waals surface area contributed by atoms with Crippen LogP contribution < -0.4 is 0 Å². The summed E-state index contributed by atoms with van der Waals surface area (Å²) in [7, 11) is 0. The van der Waals surface area contributed by atoms with Gasteiger partial charge in [-0.25, -0.2) is 0 Å². The number of hydrogen-bond donors (Lipinski definition) is 0. The molecule has 0 aromatic heterocycles. The van der Waals surface area contributed by atoms with Crippen LogP contribution in [0.4, 0.5) is 4.39 Å². The van der Waals surface area contributed by atoms with Crippen LogP contribution in [0.1, 0.15) is 19.3 Å². The van der Waals surface area contributed by atoms with Crippen molar-refractivity contribution in [2.75, 3.05) is 19.8 Å². The summed E-state index contributed by atoms with van der Waals surface area (Å²) in [5.41, 5.74) is 0. The summed E-state index contributed by atoms with van der Waals surface area (Å²) in [5, 5.41) is 0. The average Bonchev–Trinajstić information content (AvgIpc) is 2.38. The minimum Gasteiger partial charge on any atom is -0.343 e. The van der Waals surface area contributed by atoms with Gasteiger partial charge in [0, 0.05) is 13.1 Å². The minimum atomic E-state index is -0.519. The predicted molar refractivity (Wildman–Crippen MR) is 36.4 cm³/mol. The summed E-state index contributed by atoms with van der Waals surface area (Å²) in [5.74, 6) is -0.0278. The molecule has 0 aliphatic carbocycles. The fraction of sp³-hybridized carbons (Fsp3) is 0.857. The van der Waals surface area contributed by atoms with Gasteiger partial charge in [-0.1, -0.05) is 0 Å². The molecule has 0 aromatic rings. The third-order valence-corrected chi connectivity index (χ3v) is 1.77. The Balaban J connectivity index is 2.25. The van der Waals surface area contributed by atoms with Crippen LogP contribution >= 0.6 is 0 Å². The highest BCUT2D eigenvalue weighted by Gasteiger charge is 2.16. The van der Waals surface area contributed by atoms with Gasteiger partial charge in [0.1, 0.15) is 0 Å². The number of likely N-dealkylation sites (tertiary alicyclic amines) is 1. The molecule has 0 bridgehead atoms. The lowest BCUT2D eigenvalue weighted by Gasteiger charge is -2.13. The smallest absolute Gasteiger partial charge is 0.225 e. The second-order valence-electron chi connectivity index (χ2n) is 2.53. The first-order chi connectivity index (χ1) is 4.84. The highest BCUT2D eigenvalue weighted by Crippen LogP contribution is 2.08. The first-order valence-corrected chi connectivity index (χ1v) is 3.68. The molecule has 1 aliphatic rings. The van der Waals surface area contributed by atoms with Crippen molar-refractivity contribution in [3.05, 3.63) is 0 Å². The van der Waals surface area contributed by atoms with Gasteiger partial charge in [0.25, 0.3) is 0 Å². The van der Waals surface area contributed by atoms with E-state index in [4.69, 9.17) is 0 Å². The molecular weight excluding hydrogens is 133 g/mol. The molecule has 1 saturated heterocycles. The number of nitrogens with zero attached hydrogens (tertiary/aromatic N) is 1. The van der Waals surface area contributed by atoms with Crippen molar-refractivity contribution >= 4 is 5.91 Å². The summed E-state index contributed by atoms with van der Waals surface area (Å²) in [4.78, 5) is 12.7.